The highest BCUT2D eigenvalue weighted by molar-refractivity contribution is 6.08. The second-order valence-corrected chi connectivity index (χ2v) is 8.41. The van der Waals surface area contributed by atoms with Crippen molar-refractivity contribution in [2.75, 3.05) is 0 Å². The van der Waals surface area contributed by atoms with E-state index in [1.54, 1.807) is 11.1 Å². The number of hydrogen-bond acceptors (Lipinski definition) is 0. The third-order valence-electron chi connectivity index (χ3n) is 6.21. The second kappa shape index (κ2) is 11.2. The van der Waals surface area contributed by atoms with Crippen molar-refractivity contribution in [1.82, 2.24) is 0 Å². The van der Waals surface area contributed by atoms with E-state index in [0.717, 1.165) is 0 Å². The molecule has 3 aromatic rings. The van der Waals surface area contributed by atoms with Crippen LogP contribution in [0.25, 0.3) is 21.5 Å². The average Bonchev–Trinajstić information content (AvgIpc) is 2.73. The third-order valence-corrected chi connectivity index (χ3v) is 6.21. The molecule has 0 aliphatic rings. The minimum atomic E-state index is 1.24. The van der Waals surface area contributed by atoms with Crippen LogP contribution in [0.2, 0.25) is 0 Å². The topological polar surface area (TPSA) is 0 Å². The Morgan fingerprint density at radius 1 is 0.500 bits per heavy atom. The highest BCUT2D eigenvalue weighted by Crippen LogP contribution is 2.31. The number of aryl methyl sites for hydroxylation is 2. The van der Waals surface area contributed by atoms with E-state index in [0.29, 0.717) is 0 Å². The van der Waals surface area contributed by atoms with Crippen molar-refractivity contribution in [2.24, 2.45) is 0 Å². The molecule has 0 saturated carbocycles. The Labute approximate surface area is 172 Å². The molecule has 0 spiro atoms. The van der Waals surface area contributed by atoms with E-state index in [-0.39, 0.29) is 0 Å². The van der Waals surface area contributed by atoms with Crippen molar-refractivity contribution in [1.29, 1.82) is 0 Å². The van der Waals surface area contributed by atoms with Gasteiger partial charge in [0.1, 0.15) is 0 Å². The van der Waals surface area contributed by atoms with E-state index in [2.05, 4.69) is 62.4 Å². The summed E-state index contributed by atoms with van der Waals surface area (Å²) >= 11 is 0. The number of fused-ring (bicyclic) bond motifs is 3. The van der Waals surface area contributed by atoms with Crippen LogP contribution in [0, 0.1) is 0 Å². The van der Waals surface area contributed by atoms with Crippen molar-refractivity contribution < 1.29 is 0 Å². The molecule has 0 unspecified atom stereocenters. The number of hydrogen-bond donors (Lipinski definition) is 0. The summed E-state index contributed by atoms with van der Waals surface area (Å²) in [5.41, 5.74) is 3.24. The Balaban J connectivity index is 1.85. The van der Waals surface area contributed by atoms with E-state index in [1.807, 2.05) is 0 Å². The van der Waals surface area contributed by atoms with Crippen molar-refractivity contribution in [3.05, 3.63) is 59.7 Å². The van der Waals surface area contributed by atoms with Crippen LogP contribution in [0.4, 0.5) is 0 Å². The van der Waals surface area contributed by atoms with Crippen molar-refractivity contribution in [3.8, 4) is 0 Å². The monoisotopic (exact) mass is 374 g/mol. The van der Waals surface area contributed by atoms with Crippen LogP contribution in [-0.4, -0.2) is 0 Å². The van der Waals surface area contributed by atoms with Crippen LogP contribution < -0.4 is 0 Å². The van der Waals surface area contributed by atoms with Gasteiger partial charge in [-0.3, -0.25) is 0 Å². The van der Waals surface area contributed by atoms with Crippen molar-refractivity contribution in [2.45, 2.75) is 90.9 Å². The fourth-order valence-corrected chi connectivity index (χ4v) is 4.55. The Morgan fingerprint density at radius 3 is 1.89 bits per heavy atom. The number of rotatable bonds is 12. The minimum Gasteiger partial charge on any atom is -0.0654 e. The van der Waals surface area contributed by atoms with Crippen molar-refractivity contribution in [3.63, 3.8) is 0 Å². The SMILES string of the molecule is CCCCCCCc1ccc2c(ccc3ccccc32)c1CCCCCCC. The van der Waals surface area contributed by atoms with E-state index in [9.17, 15) is 0 Å². The zero-order chi connectivity index (χ0) is 19.6. The zero-order valence-corrected chi connectivity index (χ0v) is 18.1. The van der Waals surface area contributed by atoms with Crippen LogP contribution in [0.1, 0.15) is 89.2 Å². The summed E-state index contributed by atoms with van der Waals surface area (Å²) in [6.07, 6.45) is 16.1. The molecule has 0 nitrogen and oxygen atoms in total. The summed E-state index contributed by atoms with van der Waals surface area (Å²) < 4.78 is 0. The molecule has 0 amide bonds. The third kappa shape index (κ3) is 5.37. The van der Waals surface area contributed by atoms with Gasteiger partial charge in [0.05, 0.1) is 0 Å². The quantitative estimate of drug-likeness (QED) is 0.219. The molecule has 0 aromatic heterocycles. The molecule has 0 aliphatic carbocycles. The van der Waals surface area contributed by atoms with Crippen LogP contribution in [0.5, 0.6) is 0 Å². The smallest absolute Gasteiger partial charge is 0.0102 e. The Kier molecular flexibility index (Phi) is 8.40. The summed E-state index contributed by atoms with van der Waals surface area (Å²) in [5, 5.41) is 5.70. The van der Waals surface area contributed by atoms with E-state index >= 15 is 0 Å². The van der Waals surface area contributed by atoms with Crippen LogP contribution in [0.3, 0.4) is 0 Å². The largest absolute Gasteiger partial charge is 0.0654 e. The summed E-state index contributed by atoms with van der Waals surface area (Å²) in [7, 11) is 0. The van der Waals surface area contributed by atoms with Gasteiger partial charge >= 0.3 is 0 Å². The summed E-state index contributed by atoms with van der Waals surface area (Å²) in [4.78, 5) is 0. The molecule has 0 aliphatic heterocycles. The molecular formula is C28H38. The lowest BCUT2D eigenvalue weighted by molar-refractivity contribution is 0.622. The summed E-state index contributed by atoms with van der Waals surface area (Å²) in [6, 6.07) is 18.4. The molecule has 0 fully saturated rings. The minimum absolute atomic E-state index is 1.24. The summed E-state index contributed by atoms with van der Waals surface area (Å²) in [5.74, 6) is 0. The molecule has 0 heteroatoms. The molecule has 3 aromatic carbocycles. The first-order chi connectivity index (χ1) is 13.8. The predicted molar refractivity (Wildman–Crippen MR) is 126 cm³/mol. The fourth-order valence-electron chi connectivity index (χ4n) is 4.55. The average molecular weight is 375 g/mol. The van der Waals surface area contributed by atoms with Crippen LogP contribution >= 0.6 is 0 Å². The predicted octanol–water partition coefficient (Wildman–Crippen LogP) is 9.02. The maximum atomic E-state index is 2.44. The molecule has 0 N–H and O–H groups in total. The normalized spacial score (nSPS) is 11.5. The molecule has 0 radical (unpaired) electrons. The van der Waals surface area contributed by atoms with E-state index < -0.39 is 0 Å². The maximum Gasteiger partial charge on any atom is -0.0102 e. The molecule has 0 bridgehead atoms. The van der Waals surface area contributed by atoms with Gasteiger partial charge in [0.15, 0.2) is 0 Å². The Hall–Kier alpha value is -1.82. The van der Waals surface area contributed by atoms with Gasteiger partial charge in [-0.25, -0.2) is 0 Å². The van der Waals surface area contributed by atoms with Gasteiger partial charge in [0.2, 0.25) is 0 Å². The molecule has 28 heavy (non-hydrogen) atoms. The van der Waals surface area contributed by atoms with Gasteiger partial charge < -0.3 is 0 Å². The van der Waals surface area contributed by atoms with Gasteiger partial charge in [-0.1, -0.05) is 114 Å². The molecular weight excluding hydrogens is 336 g/mol. The van der Waals surface area contributed by atoms with E-state index in [1.165, 1.54) is 98.6 Å². The first-order valence-electron chi connectivity index (χ1n) is 11.8. The van der Waals surface area contributed by atoms with Gasteiger partial charge in [-0.05, 0) is 58.4 Å². The van der Waals surface area contributed by atoms with Crippen LogP contribution in [0.15, 0.2) is 48.5 Å². The highest BCUT2D eigenvalue weighted by atomic mass is 14.1. The second-order valence-electron chi connectivity index (χ2n) is 8.41. The standard InChI is InChI=1S/C28H38/c1-3-5-7-9-11-15-23-19-21-28-26-18-14-13-16-24(26)20-22-27(28)25(23)17-12-10-8-6-4-2/h13-14,16,18-22H,3-12,15,17H2,1-2H3. The number of unbranched alkanes of at least 4 members (excludes halogenated alkanes) is 8. The molecule has 0 saturated heterocycles. The highest BCUT2D eigenvalue weighted by Gasteiger charge is 2.10. The fraction of sp³-hybridized carbons (Fsp3) is 0.500. The maximum absolute atomic E-state index is 2.44. The summed E-state index contributed by atoms with van der Waals surface area (Å²) in [6.45, 7) is 4.59. The lowest BCUT2D eigenvalue weighted by Gasteiger charge is -2.15. The van der Waals surface area contributed by atoms with Crippen LogP contribution in [-0.2, 0) is 12.8 Å². The number of benzene rings is 3. The van der Waals surface area contributed by atoms with Gasteiger partial charge in [0, 0.05) is 0 Å². The Bertz CT molecular complexity index is 858. The molecule has 0 atom stereocenters. The van der Waals surface area contributed by atoms with Gasteiger partial charge in [-0.2, -0.15) is 0 Å². The van der Waals surface area contributed by atoms with Gasteiger partial charge in [0.25, 0.3) is 0 Å². The lowest BCUT2D eigenvalue weighted by Crippen LogP contribution is -1.98. The molecule has 3 rings (SSSR count). The zero-order valence-electron chi connectivity index (χ0n) is 18.1. The van der Waals surface area contributed by atoms with Gasteiger partial charge in [-0.15, -0.1) is 0 Å². The lowest BCUT2D eigenvalue weighted by atomic mass is 9.90. The van der Waals surface area contributed by atoms with Crippen molar-refractivity contribution >= 4 is 21.5 Å². The molecule has 150 valence electrons. The van der Waals surface area contributed by atoms with E-state index in [4.69, 9.17) is 0 Å². The molecule has 0 heterocycles. The first kappa shape index (κ1) is 20.9. The Morgan fingerprint density at radius 2 is 1.14 bits per heavy atom. The first-order valence-corrected chi connectivity index (χ1v) is 11.8.